The first-order chi connectivity index (χ1) is 14.2. The Labute approximate surface area is 175 Å². The molecule has 3 rings (SSSR count). The third-order valence-corrected chi connectivity index (χ3v) is 4.87. The Kier molecular flexibility index (Phi) is 6.68. The SMILES string of the molecule is CC(C)(O)CCCOc1ncncc1NC(=O)c1csc(-c2c(F)cccc2F)n1. The van der Waals surface area contributed by atoms with Crippen molar-refractivity contribution in [1.29, 1.82) is 0 Å². The molecule has 2 N–H and O–H groups in total. The number of aliphatic hydroxyl groups is 1. The van der Waals surface area contributed by atoms with Crippen molar-refractivity contribution in [2.24, 2.45) is 0 Å². The van der Waals surface area contributed by atoms with E-state index in [2.05, 4.69) is 20.3 Å². The third kappa shape index (κ3) is 5.55. The second kappa shape index (κ2) is 9.23. The van der Waals surface area contributed by atoms with Crippen LogP contribution in [0.15, 0.2) is 36.1 Å². The molecule has 30 heavy (non-hydrogen) atoms. The second-order valence-corrected chi connectivity index (χ2v) is 7.95. The number of hydrogen-bond donors (Lipinski definition) is 2. The molecule has 0 fully saturated rings. The number of ether oxygens (including phenoxy) is 1. The Morgan fingerprint density at radius 1 is 1.30 bits per heavy atom. The highest BCUT2D eigenvalue weighted by Crippen LogP contribution is 2.29. The molecule has 0 atom stereocenters. The standard InChI is InChI=1S/C20H20F2N4O3S/c1-20(2,28)7-4-8-29-18-14(9-23-11-24-18)25-17(27)15-10-30-19(26-15)16-12(21)5-3-6-13(16)22/h3,5-6,9-11,28H,4,7-8H2,1-2H3,(H,25,27). The summed E-state index contributed by atoms with van der Waals surface area (Å²) in [5, 5.41) is 13.8. The van der Waals surface area contributed by atoms with E-state index in [0.29, 0.717) is 12.8 Å². The minimum atomic E-state index is -0.799. The number of carbonyl (C=O) groups is 1. The van der Waals surface area contributed by atoms with Crippen molar-refractivity contribution in [1.82, 2.24) is 15.0 Å². The van der Waals surface area contributed by atoms with Crippen LogP contribution in [0.5, 0.6) is 5.88 Å². The van der Waals surface area contributed by atoms with Crippen molar-refractivity contribution in [2.45, 2.75) is 32.3 Å². The molecule has 0 radical (unpaired) electrons. The van der Waals surface area contributed by atoms with Crippen LogP contribution in [0, 0.1) is 11.6 Å². The normalized spacial score (nSPS) is 11.4. The van der Waals surface area contributed by atoms with E-state index in [4.69, 9.17) is 4.74 Å². The summed E-state index contributed by atoms with van der Waals surface area (Å²) in [5.74, 6) is -1.93. The zero-order chi connectivity index (χ0) is 21.7. The highest BCUT2D eigenvalue weighted by atomic mass is 32.1. The lowest BCUT2D eigenvalue weighted by Gasteiger charge is -2.17. The van der Waals surface area contributed by atoms with Gasteiger partial charge in [0.25, 0.3) is 5.91 Å². The van der Waals surface area contributed by atoms with Crippen molar-refractivity contribution in [3.8, 4) is 16.5 Å². The zero-order valence-corrected chi connectivity index (χ0v) is 17.2. The van der Waals surface area contributed by atoms with E-state index in [1.807, 2.05) is 0 Å². The fourth-order valence-electron chi connectivity index (χ4n) is 2.57. The molecule has 2 aromatic heterocycles. The van der Waals surface area contributed by atoms with Crippen LogP contribution in [0.2, 0.25) is 0 Å². The van der Waals surface area contributed by atoms with Crippen LogP contribution in [0.1, 0.15) is 37.2 Å². The van der Waals surface area contributed by atoms with Crippen molar-refractivity contribution < 1.29 is 23.4 Å². The van der Waals surface area contributed by atoms with Crippen LogP contribution in [-0.2, 0) is 0 Å². The van der Waals surface area contributed by atoms with Gasteiger partial charge in [0.1, 0.15) is 34.4 Å². The number of thiazole rings is 1. The van der Waals surface area contributed by atoms with Gasteiger partial charge in [0.05, 0.1) is 24.0 Å². The molecule has 0 saturated carbocycles. The molecular weight excluding hydrogens is 414 g/mol. The van der Waals surface area contributed by atoms with Crippen LogP contribution >= 0.6 is 11.3 Å². The smallest absolute Gasteiger partial charge is 0.275 e. The third-order valence-electron chi connectivity index (χ3n) is 4.01. The zero-order valence-electron chi connectivity index (χ0n) is 16.4. The van der Waals surface area contributed by atoms with E-state index >= 15 is 0 Å². The van der Waals surface area contributed by atoms with Gasteiger partial charge in [-0.05, 0) is 38.8 Å². The monoisotopic (exact) mass is 434 g/mol. The maximum absolute atomic E-state index is 13.9. The van der Waals surface area contributed by atoms with Gasteiger partial charge < -0.3 is 15.2 Å². The number of carbonyl (C=O) groups excluding carboxylic acids is 1. The van der Waals surface area contributed by atoms with E-state index in [-0.39, 0.29) is 34.4 Å². The van der Waals surface area contributed by atoms with Gasteiger partial charge in [0.2, 0.25) is 5.88 Å². The maximum Gasteiger partial charge on any atom is 0.275 e. The average molecular weight is 434 g/mol. The van der Waals surface area contributed by atoms with Crippen molar-refractivity contribution in [3.05, 3.63) is 53.4 Å². The predicted molar refractivity (Wildman–Crippen MR) is 108 cm³/mol. The van der Waals surface area contributed by atoms with E-state index in [9.17, 15) is 18.7 Å². The quantitative estimate of drug-likeness (QED) is 0.519. The Hall–Kier alpha value is -2.98. The topological polar surface area (TPSA) is 97.2 Å². The highest BCUT2D eigenvalue weighted by molar-refractivity contribution is 7.13. The molecule has 10 heteroatoms. The maximum atomic E-state index is 13.9. The number of nitrogens with one attached hydrogen (secondary N) is 1. The number of rotatable bonds is 8. The molecule has 0 unspecified atom stereocenters. The number of hydrogen-bond acceptors (Lipinski definition) is 7. The Morgan fingerprint density at radius 3 is 2.73 bits per heavy atom. The lowest BCUT2D eigenvalue weighted by molar-refractivity contribution is 0.0639. The fourth-order valence-corrected chi connectivity index (χ4v) is 3.42. The number of benzene rings is 1. The fraction of sp³-hybridized carbons (Fsp3) is 0.300. The summed E-state index contributed by atoms with van der Waals surface area (Å²) in [7, 11) is 0. The summed E-state index contributed by atoms with van der Waals surface area (Å²) >= 11 is 0.955. The number of anilines is 1. The summed E-state index contributed by atoms with van der Waals surface area (Å²) in [6.45, 7) is 3.70. The molecule has 1 amide bonds. The van der Waals surface area contributed by atoms with Gasteiger partial charge in [-0.3, -0.25) is 4.79 Å². The molecule has 2 heterocycles. The van der Waals surface area contributed by atoms with Gasteiger partial charge in [0.15, 0.2) is 0 Å². The molecule has 0 saturated heterocycles. The van der Waals surface area contributed by atoms with Gasteiger partial charge >= 0.3 is 0 Å². The van der Waals surface area contributed by atoms with Crippen molar-refractivity contribution in [2.75, 3.05) is 11.9 Å². The largest absolute Gasteiger partial charge is 0.476 e. The van der Waals surface area contributed by atoms with Gasteiger partial charge in [-0.15, -0.1) is 11.3 Å². The minimum absolute atomic E-state index is 0.00511. The van der Waals surface area contributed by atoms with Crippen LogP contribution in [0.25, 0.3) is 10.6 Å². The number of halogens is 2. The van der Waals surface area contributed by atoms with Crippen LogP contribution < -0.4 is 10.1 Å². The predicted octanol–water partition coefficient (Wildman–Crippen LogP) is 4.06. The van der Waals surface area contributed by atoms with Gasteiger partial charge in [0, 0.05) is 5.38 Å². The van der Waals surface area contributed by atoms with Crippen LogP contribution in [0.4, 0.5) is 14.5 Å². The van der Waals surface area contributed by atoms with Crippen LogP contribution in [0.3, 0.4) is 0 Å². The van der Waals surface area contributed by atoms with E-state index in [1.165, 1.54) is 24.0 Å². The first kappa shape index (κ1) is 21.7. The minimum Gasteiger partial charge on any atom is -0.476 e. The molecule has 158 valence electrons. The first-order valence-corrected chi connectivity index (χ1v) is 9.99. The van der Waals surface area contributed by atoms with Gasteiger partial charge in [-0.1, -0.05) is 6.07 Å². The molecule has 0 bridgehead atoms. The summed E-state index contributed by atoms with van der Waals surface area (Å²) in [5.41, 5.74) is -0.848. The summed E-state index contributed by atoms with van der Waals surface area (Å²) in [6.07, 6.45) is 3.78. The Balaban J connectivity index is 1.69. The summed E-state index contributed by atoms with van der Waals surface area (Å²) in [6, 6.07) is 3.51. The lowest BCUT2D eigenvalue weighted by Crippen LogP contribution is -2.19. The highest BCUT2D eigenvalue weighted by Gasteiger charge is 2.19. The molecule has 1 aromatic carbocycles. The summed E-state index contributed by atoms with van der Waals surface area (Å²) in [4.78, 5) is 24.5. The Bertz CT molecular complexity index is 1020. The lowest BCUT2D eigenvalue weighted by atomic mass is 10.0. The molecule has 0 spiro atoms. The first-order valence-electron chi connectivity index (χ1n) is 9.11. The van der Waals surface area contributed by atoms with E-state index in [0.717, 1.165) is 23.5 Å². The van der Waals surface area contributed by atoms with Gasteiger partial charge in [-0.2, -0.15) is 4.98 Å². The van der Waals surface area contributed by atoms with Crippen molar-refractivity contribution >= 4 is 22.9 Å². The molecule has 3 aromatic rings. The van der Waals surface area contributed by atoms with E-state index in [1.54, 1.807) is 13.8 Å². The molecule has 0 aliphatic rings. The Morgan fingerprint density at radius 2 is 2.03 bits per heavy atom. The van der Waals surface area contributed by atoms with Crippen LogP contribution in [-0.4, -0.2) is 38.2 Å². The second-order valence-electron chi connectivity index (χ2n) is 7.09. The molecule has 0 aliphatic heterocycles. The number of nitrogens with zero attached hydrogens (tertiary/aromatic N) is 3. The molecule has 7 nitrogen and oxygen atoms in total. The van der Waals surface area contributed by atoms with Crippen molar-refractivity contribution in [3.63, 3.8) is 0 Å². The number of aromatic nitrogens is 3. The van der Waals surface area contributed by atoms with Gasteiger partial charge in [-0.25, -0.2) is 18.7 Å². The summed E-state index contributed by atoms with van der Waals surface area (Å²) < 4.78 is 33.5. The molecule has 0 aliphatic carbocycles. The van der Waals surface area contributed by atoms with E-state index < -0.39 is 23.1 Å². The number of amides is 1. The average Bonchev–Trinajstić information content (AvgIpc) is 3.15. The molecular formula is C20H20F2N4O3S.